The number of carbonyl (C=O) groups excluding carboxylic acids is 1. The van der Waals surface area contributed by atoms with Gasteiger partial charge in [-0.15, -0.1) is 0 Å². The third-order valence-electron chi connectivity index (χ3n) is 8.23. The molecule has 0 radical (unpaired) electrons. The van der Waals surface area contributed by atoms with Crippen molar-refractivity contribution in [2.45, 2.75) is 58.6 Å². The molecule has 0 N–H and O–H groups in total. The first-order valence-electron chi connectivity index (χ1n) is 14.3. The van der Waals surface area contributed by atoms with E-state index < -0.39 is 0 Å². The molecule has 7 heteroatoms. The van der Waals surface area contributed by atoms with Gasteiger partial charge >= 0.3 is 7.12 Å². The molecule has 1 saturated carbocycles. The van der Waals surface area contributed by atoms with Crippen LogP contribution in [-0.4, -0.2) is 43.0 Å². The molecule has 3 fully saturated rings. The molecular formula is C32H37BN2O4. The SMILES string of the molecule is CC1(C)COB(C(=C(c2ccc(C=O)cc2)c2ccc(-c3cnn(C4CCCCO4)c3)cc2)C2CCC2)OC1. The highest BCUT2D eigenvalue weighted by atomic mass is 16.6. The number of ether oxygens (including phenoxy) is 1. The Morgan fingerprint density at radius 3 is 2.21 bits per heavy atom. The predicted octanol–water partition coefficient (Wildman–Crippen LogP) is 6.76. The number of aromatic nitrogens is 2. The fraction of sp³-hybridized carbons (Fsp3) is 0.438. The van der Waals surface area contributed by atoms with E-state index in [0.717, 1.165) is 66.4 Å². The Balaban J connectivity index is 1.37. The number of nitrogens with zero attached hydrogens (tertiary/aromatic N) is 2. The average Bonchev–Trinajstić information content (AvgIpc) is 3.44. The lowest BCUT2D eigenvalue weighted by Crippen LogP contribution is -2.44. The summed E-state index contributed by atoms with van der Waals surface area (Å²) in [5.74, 6) is 0.422. The van der Waals surface area contributed by atoms with Crippen LogP contribution in [0.4, 0.5) is 0 Å². The van der Waals surface area contributed by atoms with Crippen LogP contribution in [0.2, 0.25) is 0 Å². The van der Waals surface area contributed by atoms with Crippen LogP contribution in [-0.2, 0) is 14.0 Å². The van der Waals surface area contributed by atoms with E-state index in [-0.39, 0.29) is 18.8 Å². The fourth-order valence-corrected chi connectivity index (χ4v) is 5.74. The van der Waals surface area contributed by atoms with Crippen molar-refractivity contribution in [2.24, 2.45) is 11.3 Å². The first-order valence-corrected chi connectivity index (χ1v) is 14.3. The Labute approximate surface area is 231 Å². The number of aldehydes is 1. The highest BCUT2D eigenvalue weighted by molar-refractivity contribution is 6.56. The summed E-state index contributed by atoms with van der Waals surface area (Å²) in [6.07, 6.45) is 11.7. The molecule has 1 atom stereocenters. The number of rotatable bonds is 7. The summed E-state index contributed by atoms with van der Waals surface area (Å²) in [7, 11) is -0.363. The van der Waals surface area contributed by atoms with Crippen LogP contribution in [0.1, 0.15) is 80.1 Å². The van der Waals surface area contributed by atoms with Gasteiger partial charge in [-0.2, -0.15) is 5.10 Å². The van der Waals surface area contributed by atoms with Gasteiger partial charge in [-0.1, -0.05) is 68.8 Å². The monoisotopic (exact) mass is 524 g/mol. The van der Waals surface area contributed by atoms with Crippen LogP contribution in [0, 0.1) is 11.3 Å². The molecule has 2 saturated heterocycles. The molecule has 3 aromatic rings. The summed E-state index contributed by atoms with van der Waals surface area (Å²) in [4.78, 5) is 11.4. The maximum Gasteiger partial charge on any atom is 0.490 e. The quantitative estimate of drug-likeness (QED) is 0.252. The van der Waals surface area contributed by atoms with Gasteiger partial charge < -0.3 is 14.0 Å². The minimum Gasteiger partial charge on any atom is -0.407 e. The summed E-state index contributed by atoms with van der Waals surface area (Å²) < 4.78 is 20.6. The minimum absolute atomic E-state index is 0.00174. The van der Waals surface area contributed by atoms with Crippen molar-refractivity contribution in [1.29, 1.82) is 0 Å². The van der Waals surface area contributed by atoms with E-state index in [4.69, 9.17) is 14.0 Å². The highest BCUT2D eigenvalue weighted by Crippen LogP contribution is 2.43. The molecule has 39 heavy (non-hydrogen) atoms. The van der Waals surface area contributed by atoms with Crippen molar-refractivity contribution in [3.63, 3.8) is 0 Å². The summed E-state index contributed by atoms with van der Waals surface area (Å²) in [5.41, 5.74) is 7.45. The van der Waals surface area contributed by atoms with Gasteiger partial charge in [0.05, 0.1) is 6.20 Å². The zero-order chi connectivity index (χ0) is 26.8. The maximum absolute atomic E-state index is 11.4. The lowest BCUT2D eigenvalue weighted by molar-refractivity contribution is -0.0394. The largest absolute Gasteiger partial charge is 0.490 e. The van der Waals surface area contributed by atoms with Crippen molar-refractivity contribution in [3.05, 3.63) is 83.1 Å². The third-order valence-corrected chi connectivity index (χ3v) is 8.23. The number of hydrogen-bond donors (Lipinski definition) is 0. The van der Waals surface area contributed by atoms with E-state index in [9.17, 15) is 4.79 Å². The van der Waals surface area contributed by atoms with Crippen molar-refractivity contribution < 1.29 is 18.8 Å². The van der Waals surface area contributed by atoms with Gasteiger partial charge in [-0.25, -0.2) is 4.68 Å². The molecule has 202 valence electrons. The molecule has 6 rings (SSSR count). The summed E-state index contributed by atoms with van der Waals surface area (Å²) >= 11 is 0. The Morgan fingerprint density at radius 2 is 1.62 bits per heavy atom. The minimum atomic E-state index is -0.363. The van der Waals surface area contributed by atoms with Crippen LogP contribution in [0.3, 0.4) is 0 Å². The van der Waals surface area contributed by atoms with Gasteiger partial charge in [-0.3, -0.25) is 4.79 Å². The first-order chi connectivity index (χ1) is 19.0. The molecule has 0 amide bonds. The second-order valence-corrected chi connectivity index (χ2v) is 11.9. The molecule has 1 aliphatic carbocycles. The maximum atomic E-state index is 11.4. The van der Waals surface area contributed by atoms with Gasteiger partial charge in [0.2, 0.25) is 0 Å². The van der Waals surface area contributed by atoms with E-state index in [0.29, 0.717) is 24.7 Å². The number of carbonyl (C=O) groups is 1. The average molecular weight is 524 g/mol. The van der Waals surface area contributed by atoms with Crippen LogP contribution in [0.25, 0.3) is 16.7 Å². The predicted molar refractivity (Wildman–Crippen MR) is 153 cm³/mol. The zero-order valence-corrected chi connectivity index (χ0v) is 23.0. The summed E-state index contributed by atoms with van der Waals surface area (Å²) in [5, 5.41) is 4.60. The Bertz CT molecular complexity index is 1310. The molecule has 1 aromatic heterocycles. The van der Waals surface area contributed by atoms with Gasteiger partial charge in [-0.05, 0) is 65.8 Å². The van der Waals surface area contributed by atoms with Crippen molar-refractivity contribution in [2.75, 3.05) is 19.8 Å². The number of benzene rings is 2. The standard InChI is InChI=1S/C32H37BN2O4/c1-32(2)21-38-33(39-22-32)31(27-6-5-7-27)30(25-11-9-23(20-36)10-12-25)26-15-13-24(14-16-26)28-18-34-35(19-28)29-8-3-4-17-37-29/h9-16,18-20,27,29H,3-8,17,21-22H2,1-2H3. The Kier molecular flexibility index (Phi) is 7.56. The van der Waals surface area contributed by atoms with Gasteiger partial charge in [0, 0.05) is 42.6 Å². The molecule has 2 aromatic carbocycles. The van der Waals surface area contributed by atoms with Crippen molar-refractivity contribution in [1.82, 2.24) is 9.78 Å². The van der Waals surface area contributed by atoms with Crippen LogP contribution >= 0.6 is 0 Å². The van der Waals surface area contributed by atoms with E-state index in [1.54, 1.807) is 0 Å². The van der Waals surface area contributed by atoms with Gasteiger partial charge in [0.25, 0.3) is 0 Å². The third kappa shape index (κ3) is 5.67. The van der Waals surface area contributed by atoms with E-state index >= 15 is 0 Å². The molecule has 0 bridgehead atoms. The normalized spacial score (nSPS) is 22.2. The number of allylic oxidation sites excluding steroid dienone is 1. The zero-order valence-electron chi connectivity index (χ0n) is 23.0. The molecule has 3 heterocycles. The lowest BCUT2D eigenvalue weighted by atomic mass is 9.59. The number of hydrogen-bond acceptors (Lipinski definition) is 5. The molecule has 2 aliphatic heterocycles. The smallest absolute Gasteiger partial charge is 0.407 e. The second-order valence-electron chi connectivity index (χ2n) is 11.9. The molecule has 0 spiro atoms. The molecule has 1 unspecified atom stereocenters. The molecular weight excluding hydrogens is 487 g/mol. The summed E-state index contributed by atoms with van der Waals surface area (Å²) in [6.45, 7) is 6.48. The van der Waals surface area contributed by atoms with Crippen molar-refractivity contribution in [3.8, 4) is 11.1 Å². The van der Waals surface area contributed by atoms with E-state index in [1.807, 2.05) is 35.1 Å². The Hall–Kier alpha value is -3.00. The second kappa shape index (κ2) is 11.2. The fourth-order valence-electron chi connectivity index (χ4n) is 5.74. The molecule has 3 aliphatic rings. The molecule has 6 nitrogen and oxygen atoms in total. The van der Waals surface area contributed by atoms with Crippen LogP contribution in [0.5, 0.6) is 0 Å². The first kappa shape index (κ1) is 26.2. The topological polar surface area (TPSA) is 62.6 Å². The highest BCUT2D eigenvalue weighted by Gasteiger charge is 2.41. The van der Waals surface area contributed by atoms with Gasteiger partial charge in [0.15, 0.2) is 0 Å². The Morgan fingerprint density at radius 1 is 0.923 bits per heavy atom. The van der Waals surface area contributed by atoms with Gasteiger partial charge in [0.1, 0.15) is 12.5 Å². The van der Waals surface area contributed by atoms with Crippen LogP contribution in [0.15, 0.2) is 66.4 Å². The van der Waals surface area contributed by atoms with Crippen LogP contribution < -0.4 is 0 Å². The van der Waals surface area contributed by atoms with E-state index in [1.165, 1.54) is 18.3 Å². The lowest BCUT2D eigenvalue weighted by Gasteiger charge is -2.39. The summed E-state index contributed by atoms with van der Waals surface area (Å²) in [6, 6.07) is 16.6. The van der Waals surface area contributed by atoms with Crippen molar-refractivity contribution >= 4 is 19.0 Å². The van der Waals surface area contributed by atoms with E-state index in [2.05, 4.69) is 49.4 Å².